The Morgan fingerprint density at radius 1 is 1.44 bits per heavy atom. The maximum absolute atomic E-state index is 6.14. The van der Waals surface area contributed by atoms with Crippen LogP contribution in [0.3, 0.4) is 0 Å². The van der Waals surface area contributed by atoms with Gasteiger partial charge >= 0.3 is 0 Å². The molecule has 1 heterocycles. The minimum atomic E-state index is 0.0154. The molecule has 1 fully saturated rings. The molecular formula is C14H21ClN2O. The van der Waals surface area contributed by atoms with E-state index in [0.717, 1.165) is 37.0 Å². The Morgan fingerprint density at radius 2 is 2.22 bits per heavy atom. The van der Waals surface area contributed by atoms with Crippen molar-refractivity contribution < 1.29 is 4.74 Å². The van der Waals surface area contributed by atoms with Gasteiger partial charge in [0.15, 0.2) is 0 Å². The van der Waals surface area contributed by atoms with Crippen LogP contribution in [0, 0.1) is 0 Å². The average molecular weight is 269 g/mol. The fraction of sp³-hybridized carbons (Fsp3) is 0.571. The highest BCUT2D eigenvalue weighted by molar-refractivity contribution is 6.30. The van der Waals surface area contributed by atoms with Crippen LogP contribution in [0.5, 0.6) is 5.75 Å². The summed E-state index contributed by atoms with van der Waals surface area (Å²) in [5.74, 6) is 0.916. The molecule has 1 unspecified atom stereocenters. The molecule has 0 radical (unpaired) electrons. The SMILES string of the molecule is COc1ccc(Cl)cc1C1(C)CNCCN(C)C1. The molecule has 18 heavy (non-hydrogen) atoms. The molecule has 0 saturated carbocycles. The van der Waals surface area contributed by atoms with Crippen LogP contribution in [-0.4, -0.2) is 45.2 Å². The van der Waals surface area contributed by atoms with Crippen molar-refractivity contribution in [3.8, 4) is 5.75 Å². The Hall–Kier alpha value is -0.770. The third-order valence-corrected chi connectivity index (χ3v) is 3.85. The molecule has 3 nitrogen and oxygen atoms in total. The predicted molar refractivity (Wildman–Crippen MR) is 75.7 cm³/mol. The molecule has 0 amide bonds. The van der Waals surface area contributed by atoms with Gasteiger partial charge in [-0.15, -0.1) is 0 Å². The predicted octanol–water partition coefficient (Wildman–Crippen LogP) is 2.14. The van der Waals surface area contributed by atoms with Crippen LogP contribution < -0.4 is 10.1 Å². The second-order valence-electron chi connectivity index (χ2n) is 5.32. The van der Waals surface area contributed by atoms with Crippen LogP contribution in [0.2, 0.25) is 5.02 Å². The average Bonchev–Trinajstić information content (AvgIpc) is 2.51. The first-order valence-corrected chi connectivity index (χ1v) is 6.66. The minimum Gasteiger partial charge on any atom is -0.496 e. The summed E-state index contributed by atoms with van der Waals surface area (Å²) in [6.07, 6.45) is 0. The van der Waals surface area contributed by atoms with Crippen LogP contribution in [0.4, 0.5) is 0 Å². The summed E-state index contributed by atoms with van der Waals surface area (Å²) in [5.41, 5.74) is 1.19. The molecule has 1 aromatic rings. The Bertz CT molecular complexity index is 424. The summed E-state index contributed by atoms with van der Waals surface area (Å²) in [5, 5.41) is 4.26. The highest BCUT2D eigenvalue weighted by Gasteiger charge is 2.32. The standard InChI is InChI=1S/C14H21ClN2O/c1-14(9-16-6-7-17(2)10-14)12-8-11(15)4-5-13(12)18-3/h4-5,8,16H,6-7,9-10H2,1-3H3. The van der Waals surface area contributed by atoms with E-state index in [-0.39, 0.29) is 5.41 Å². The van der Waals surface area contributed by atoms with Gasteiger partial charge in [0.25, 0.3) is 0 Å². The molecule has 0 bridgehead atoms. The summed E-state index contributed by atoms with van der Waals surface area (Å²) in [4.78, 5) is 2.35. The van der Waals surface area contributed by atoms with Gasteiger partial charge in [-0.25, -0.2) is 0 Å². The second kappa shape index (κ2) is 5.47. The fourth-order valence-corrected chi connectivity index (χ4v) is 2.87. The molecule has 1 aromatic carbocycles. The quantitative estimate of drug-likeness (QED) is 0.890. The van der Waals surface area contributed by atoms with Gasteiger partial charge in [0.2, 0.25) is 0 Å². The number of methoxy groups -OCH3 is 1. The first kappa shape index (κ1) is 13.7. The summed E-state index contributed by atoms with van der Waals surface area (Å²) in [6, 6.07) is 5.86. The summed E-state index contributed by atoms with van der Waals surface area (Å²) < 4.78 is 5.49. The number of likely N-dealkylation sites (N-methyl/N-ethyl adjacent to an activating group) is 1. The lowest BCUT2D eigenvalue weighted by atomic mass is 9.81. The zero-order valence-corrected chi connectivity index (χ0v) is 12.0. The number of nitrogens with one attached hydrogen (secondary N) is 1. The molecule has 2 rings (SSSR count). The lowest BCUT2D eigenvalue weighted by molar-refractivity contribution is 0.283. The first-order chi connectivity index (χ1) is 8.55. The van der Waals surface area contributed by atoms with Gasteiger partial charge in [0.1, 0.15) is 5.75 Å². The van der Waals surface area contributed by atoms with Gasteiger partial charge in [0, 0.05) is 42.2 Å². The minimum absolute atomic E-state index is 0.0154. The Balaban J connectivity index is 2.40. The lowest BCUT2D eigenvalue weighted by Gasteiger charge is -2.32. The van der Waals surface area contributed by atoms with Gasteiger partial charge in [-0.2, -0.15) is 0 Å². The molecule has 1 saturated heterocycles. The molecular weight excluding hydrogens is 248 g/mol. The maximum atomic E-state index is 6.14. The van der Waals surface area contributed by atoms with Crippen LogP contribution in [0.15, 0.2) is 18.2 Å². The number of halogens is 1. The fourth-order valence-electron chi connectivity index (χ4n) is 2.70. The van der Waals surface area contributed by atoms with E-state index in [1.165, 1.54) is 5.56 Å². The van der Waals surface area contributed by atoms with Crippen LogP contribution >= 0.6 is 11.6 Å². The van der Waals surface area contributed by atoms with Crippen molar-refractivity contribution >= 4 is 11.6 Å². The van der Waals surface area contributed by atoms with E-state index in [1.807, 2.05) is 18.2 Å². The number of rotatable bonds is 2. The van der Waals surface area contributed by atoms with E-state index in [2.05, 4.69) is 24.2 Å². The molecule has 1 N–H and O–H groups in total. The smallest absolute Gasteiger partial charge is 0.122 e. The molecule has 0 aliphatic carbocycles. The molecule has 1 atom stereocenters. The van der Waals surface area contributed by atoms with Crippen molar-refractivity contribution in [2.75, 3.05) is 40.3 Å². The summed E-state index contributed by atoms with van der Waals surface area (Å²) in [7, 11) is 3.87. The summed E-state index contributed by atoms with van der Waals surface area (Å²) >= 11 is 6.14. The van der Waals surface area contributed by atoms with E-state index < -0.39 is 0 Å². The highest BCUT2D eigenvalue weighted by Crippen LogP contribution is 2.34. The number of hydrogen-bond donors (Lipinski definition) is 1. The molecule has 4 heteroatoms. The van der Waals surface area contributed by atoms with Crippen molar-refractivity contribution in [1.29, 1.82) is 0 Å². The number of ether oxygens (including phenoxy) is 1. The Labute approximate surface area is 114 Å². The van der Waals surface area contributed by atoms with Crippen molar-refractivity contribution in [2.24, 2.45) is 0 Å². The molecule has 100 valence electrons. The zero-order chi connectivity index (χ0) is 13.2. The van der Waals surface area contributed by atoms with Crippen LogP contribution in [0.1, 0.15) is 12.5 Å². The van der Waals surface area contributed by atoms with Crippen molar-refractivity contribution in [1.82, 2.24) is 10.2 Å². The largest absolute Gasteiger partial charge is 0.496 e. The van der Waals surface area contributed by atoms with Gasteiger partial charge in [-0.05, 0) is 25.2 Å². The monoisotopic (exact) mass is 268 g/mol. The highest BCUT2D eigenvalue weighted by atomic mass is 35.5. The molecule has 0 spiro atoms. The topological polar surface area (TPSA) is 24.5 Å². The second-order valence-corrected chi connectivity index (χ2v) is 5.76. The van der Waals surface area contributed by atoms with E-state index in [4.69, 9.17) is 16.3 Å². The lowest BCUT2D eigenvalue weighted by Crippen LogP contribution is -2.40. The van der Waals surface area contributed by atoms with Gasteiger partial charge in [-0.1, -0.05) is 18.5 Å². The number of nitrogens with zero attached hydrogens (tertiary/aromatic N) is 1. The molecule has 1 aliphatic rings. The Morgan fingerprint density at radius 3 is 2.94 bits per heavy atom. The van der Waals surface area contributed by atoms with Crippen LogP contribution in [0.25, 0.3) is 0 Å². The number of hydrogen-bond acceptors (Lipinski definition) is 3. The van der Waals surface area contributed by atoms with Crippen molar-refractivity contribution in [3.05, 3.63) is 28.8 Å². The molecule has 0 aromatic heterocycles. The summed E-state index contributed by atoms with van der Waals surface area (Å²) in [6.45, 7) is 6.29. The van der Waals surface area contributed by atoms with Gasteiger partial charge in [-0.3, -0.25) is 0 Å². The van der Waals surface area contributed by atoms with Crippen molar-refractivity contribution in [3.63, 3.8) is 0 Å². The molecule has 1 aliphatic heterocycles. The third-order valence-electron chi connectivity index (χ3n) is 3.62. The first-order valence-electron chi connectivity index (χ1n) is 6.28. The van der Waals surface area contributed by atoms with E-state index in [0.29, 0.717) is 0 Å². The van der Waals surface area contributed by atoms with E-state index >= 15 is 0 Å². The maximum Gasteiger partial charge on any atom is 0.122 e. The third kappa shape index (κ3) is 2.79. The number of benzene rings is 1. The Kier molecular flexibility index (Phi) is 4.15. The zero-order valence-electron chi connectivity index (χ0n) is 11.3. The van der Waals surface area contributed by atoms with E-state index in [9.17, 15) is 0 Å². The van der Waals surface area contributed by atoms with Crippen molar-refractivity contribution in [2.45, 2.75) is 12.3 Å². The normalized spacial score (nSPS) is 25.8. The van der Waals surface area contributed by atoms with Crippen LogP contribution in [-0.2, 0) is 5.41 Å². The van der Waals surface area contributed by atoms with E-state index in [1.54, 1.807) is 7.11 Å². The van der Waals surface area contributed by atoms with Gasteiger partial charge < -0.3 is 15.0 Å². The van der Waals surface area contributed by atoms with Gasteiger partial charge in [0.05, 0.1) is 7.11 Å².